The number of fused-ring (bicyclic) bond motifs is 1. The number of halogens is 1. The van der Waals surface area contributed by atoms with Crippen molar-refractivity contribution in [2.75, 3.05) is 7.11 Å². The minimum absolute atomic E-state index is 0.225. The van der Waals surface area contributed by atoms with Gasteiger partial charge in [-0.15, -0.1) is 0 Å². The number of carbonyl (C=O) groups excluding carboxylic acids is 1. The molecule has 0 aromatic heterocycles. The normalized spacial score (nSPS) is 24.9. The SMILES string of the molecule is COC(=O)C1(N)CC(C)(C)Oc2ccc(F)cc21. The monoisotopic (exact) mass is 253 g/mol. The van der Waals surface area contributed by atoms with E-state index in [1.54, 1.807) is 0 Å². The minimum atomic E-state index is -1.38. The number of benzene rings is 1. The molecule has 0 fully saturated rings. The Balaban J connectivity index is 2.61. The van der Waals surface area contributed by atoms with Crippen LogP contribution < -0.4 is 10.5 Å². The lowest BCUT2D eigenvalue weighted by Gasteiger charge is -2.42. The molecule has 0 amide bonds. The lowest BCUT2D eigenvalue weighted by atomic mass is 9.78. The molecule has 5 heteroatoms. The first-order chi connectivity index (χ1) is 8.28. The third-order valence-corrected chi connectivity index (χ3v) is 3.06. The summed E-state index contributed by atoms with van der Waals surface area (Å²) in [4.78, 5) is 11.9. The van der Waals surface area contributed by atoms with Crippen LogP contribution in [0.5, 0.6) is 5.75 Å². The fraction of sp³-hybridized carbons (Fsp3) is 0.462. The first-order valence-electron chi connectivity index (χ1n) is 5.65. The van der Waals surface area contributed by atoms with E-state index in [0.717, 1.165) is 0 Å². The second-order valence-electron chi connectivity index (χ2n) is 5.14. The molecule has 1 unspecified atom stereocenters. The zero-order chi connectivity index (χ0) is 13.6. The molecule has 1 atom stereocenters. The second kappa shape index (κ2) is 3.95. The topological polar surface area (TPSA) is 61.5 Å². The van der Waals surface area contributed by atoms with Crippen molar-refractivity contribution in [1.29, 1.82) is 0 Å². The van der Waals surface area contributed by atoms with E-state index in [2.05, 4.69) is 0 Å². The predicted octanol–water partition coefficient (Wildman–Crippen LogP) is 1.71. The van der Waals surface area contributed by atoms with Gasteiger partial charge >= 0.3 is 5.97 Å². The van der Waals surface area contributed by atoms with Crippen LogP contribution in [0.3, 0.4) is 0 Å². The molecule has 1 aromatic rings. The van der Waals surface area contributed by atoms with E-state index in [1.807, 2.05) is 13.8 Å². The molecular formula is C13H16FNO3. The van der Waals surface area contributed by atoms with Crippen molar-refractivity contribution in [3.05, 3.63) is 29.6 Å². The molecule has 98 valence electrons. The van der Waals surface area contributed by atoms with E-state index >= 15 is 0 Å². The molecule has 0 bridgehead atoms. The van der Waals surface area contributed by atoms with Gasteiger partial charge in [-0.05, 0) is 32.0 Å². The molecule has 2 rings (SSSR count). The van der Waals surface area contributed by atoms with Gasteiger partial charge in [0, 0.05) is 12.0 Å². The molecule has 1 aliphatic rings. The predicted molar refractivity (Wildman–Crippen MR) is 63.6 cm³/mol. The highest BCUT2D eigenvalue weighted by Gasteiger charge is 2.48. The number of methoxy groups -OCH3 is 1. The molecule has 0 aliphatic carbocycles. The van der Waals surface area contributed by atoms with Crippen molar-refractivity contribution >= 4 is 5.97 Å². The third kappa shape index (κ3) is 1.95. The van der Waals surface area contributed by atoms with Gasteiger partial charge in [-0.1, -0.05) is 0 Å². The summed E-state index contributed by atoms with van der Waals surface area (Å²) >= 11 is 0. The summed E-state index contributed by atoms with van der Waals surface area (Å²) < 4.78 is 23.8. The highest BCUT2D eigenvalue weighted by atomic mass is 19.1. The van der Waals surface area contributed by atoms with Gasteiger partial charge in [-0.3, -0.25) is 0 Å². The van der Waals surface area contributed by atoms with Crippen LogP contribution in [0.2, 0.25) is 0 Å². The van der Waals surface area contributed by atoms with E-state index < -0.39 is 22.9 Å². The number of hydrogen-bond donors (Lipinski definition) is 1. The van der Waals surface area contributed by atoms with Crippen molar-refractivity contribution < 1.29 is 18.7 Å². The molecular weight excluding hydrogens is 237 g/mol. The van der Waals surface area contributed by atoms with Crippen molar-refractivity contribution in [2.24, 2.45) is 5.73 Å². The summed E-state index contributed by atoms with van der Waals surface area (Å²) in [5, 5.41) is 0. The molecule has 0 spiro atoms. The molecule has 0 radical (unpaired) electrons. The molecule has 4 nitrogen and oxygen atoms in total. The van der Waals surface area contributed by atoms with Crippen LogP contribution in [0.4, 0.5) is 4.39 Å². The largest absolute Gasteiger partial charge is 0.487 e. The highest BCUT2D eigenvalue weighted by molar-refractivity contribution is 5.84. The van der Waals surface area contributed by atoms with E-state index in [4.69, 9.17) is 15.2 Å². The number of nitrogens with two attached hydrogens (primary N) is 1. The van der Waals surface area contributed by atoms with Crippen LogP contribution in [0.25, 0.3) is 0 Å². The smallest absolute Gasteiger partial charge is 0.330 e. The number of carbonyl (C=O) groups is 1. The van der Waals surface area contributed by atoms with Crippen molar-refractivity contribution in [3.63, 3.8) is 0 Å². The summed E-state index contributed by atoms with van der Waals surface area (Å²) in [6.07, 6.45) is 0.225. The molecule has 1 aliphatic heterocycles. The van der Waals surface area contributed by atoms with Crippen LogP contribution in [0.1, 0.15) is 25.8 Å². The summed E-state index contributed by atoms with van der Waals surface area (Å²) in [7, 11) is 1.26. The Hall–Kier alpha value is -1.62. The number of esters is 1. The third-order valence-electron chi connectivity index (χ3n) is 3.06. The summed E-state index contributed by atoms with van der Waals surface area (Å²) in [6.45, 7) is 3.65. The maximum absolute atomic E-state index is 13.3. The Kier molecular flexibility index (Phi) is 2.81. The van der Waals surface area contributed by atoms with Gasteiger partial charge in [-0.2, -0.15) is 0 Å². The van der Waals surface area contributed by atoms with Gasteiger partial charge in [0.05, 0.1) is 7.11 Å². The molecule has 0 saturated heterocycles. The van der Waals surface area contributed by atoms with Crippen molar-refractivity contribution in [1.82, 2.24) is 0 Å². The maximum Gasteiger partial charge on any atom is 0.330 e. The standard InChI is InChI=1S/C13H16FNO3/c1-12(2)7-13(15,11(16)17-3)9-6-8(14)4-5-10(9)18-12/h4-6H,7,15H2,1-3H3. The van der Waals surface area contributed by atoms with Gasteiger partial charge in [-0.25, -0.2) is 9.18 Å². The van der Waals surface area contributed by atoms with E-state index in [1.165, 1.54) is 25.3 Å². The quantitative estimate of drug-likeness (QED) is 0.774. The Morgan fingerprint density at radius 1 is 1.50 bits per heavy atom. The molecule has 2 N–H and O–H groups in total. The zero-order valence-corrected chi connectivity index (χ0v) is 10.6. The molecule has 1 heterocycles. The van der Waals surface area contributed by atoms with Gasteiger partial charge in [0.25, 0.3) is 0 Å². The van der Waals surface area contributed by atoms with Crippen LogP contribution in [0, 0.1) is 5.82 Å². The lowest BCUT2D eigenvalue weighted by Crippen LogP contribution is -2.54. The van der Waals surface area contributed by atoms with Crippen LogP contribution >= 0.6 is 0 Å². The van der Waals surface area contributed by atoms with E-state index in [0.29, 0.717) is 11.3 Å². The Bertz CT molecular complexity index is 501. The average Bonchev–Trinajstić information content (AvgIpc) is 2.28. The Labute approximate surface area is 105 Å². The van der Waals surface area contributed by atoms with Gasteiger partial charge in [0.15, 0.2) is 0 Å². The van der Waals surface area contributed by atoms with Crippen molar-refractivity contribution in [3.8, 4) is 5.75 Å². The van der Waals surface area contributed by atoms with Crippen molar-refractivity contribution in [2.45, 2.75) is 31.4 Å². The Morgan fingerprint density at radius 3 is 2.78 bits per heavy atom. The fourth-order valence-corrected chi connectivity index (χ4v) is 2.40. The minimum Gasteiger partial charge on any atom is -0.487 e. The zero-order valence-electron chi connectivity index (χ0n) is 10.6. The first kappa shape index (κ1) is 12.8. The van der Waals surface area contributed by atoms with Crippen LogP contribution in [-0.4, -0.2) is 18.7 Å². The number of ether oxygens (including phenoxy) is 2. The van der Waals surface area contributed by atoms with Gasteiger partial charge in [0.1, 0.15) is 22.7 Å². The fourth-order valence-electron chi connectivity index (χ4n) is 2.40. The molecule has 1 aromatic carbocycles. The first-order valence-corrected chi connectivity index (χ1v) is 5.65. The number of rotatable bonds is 1. The number of hydrogen-bond acceptors (Lipinski definition) is 4. The van der Waals surface area contributed by atoms with E-state index in [9.17, 15) is 9.18 Å². The van der Waals surface area contributed by atoms with Crippen LogP contribution in [0.15, 0.2) is 18.2 Å². The highest BCUT2D eigenvalue weighted by Crippen LogP contribution is 2.42. The summed E-state index contributed by atoms with van der Waals surface area (Å²) in [6, 6.07) is 3.98. The van der Waals surface area contributed by atoms with E-state index in [-0.39, 0.29) is 6.42 Å². The molecule has 0 saturated carbocycles. The maximum atomic E-state index is 13.3. The average molecular weight is 253 g/mol. The summed E-state index contributed by atoms with van der Waals surface area (Å²) in [5.74, 6) is -0.637. The van der Waals surface area contributed by atoms with Crippen LogP contribution in [-0.2, 0) is 15.1 Å². The molecule has 18 heavy (non-hydrogen) atoms. The summed E-state index contributed by atoms with van der Waals surface area (Å²) in [5.41, 5.74) is 4.48. The second-order valence-corrected chi connectivity index (χ2v) is 5.14. The van der Waals surface area contributed by atoms with Gasteiger partial charge in [0.2, 0.25) is 0 Å². The Morgan fingerprint density at radius 2 is 2.17 bits per heavy atom. The van der Waals surface area contributed by atoms with Gasteiger partial charge < -0.3 is 15.2 Å². The lowest BCUT2D eigenvalue weighted by molar-refractivity contribution is -0.151.